The minimum Gasteiger partial charge on any atom is -0.465 e. The number of carbonyl (C=O) groups excluding carboxylic acids is 1. The molecule has 0 amide bonds. The molecule has 2 rings (SSSR count). The van der Waals surface area contributed by atoms with E-state index >= 15 is 0 Å². The van der Waals surface area contributed by atoms with Crippen molar-refractivity contribution in [2.24, 2.45) is 0 Å². The van der Waals surface area contributed by atoms with E-state index in [-0.39, 0.29) is 0 Å². The van der Waals surface area contributed by atoms with E-state index in [2.05, 4.69) is 10.1 Å². The van der Waals surface area contributed by atoms with Crippen LogP contribution in [-0.4, -0.2) is 42.0 Å². The van der Waals surface area contributed by atoms with Gasteiger partial charge >= 0.3 is 5.97 Å². The van der Waals surface area contributed by atoms with Gasteiger partial charge in [0.1, 0.15) is 23.2 Å². The van der Waals surface area contributed by atoms with Crippen molar-refractivity contribution in [3.05, 3.63) is 23.2 Å². The molecule has 0 unspecified atom stereocenters. The summed E-state index contributed by atoms with van der Waals surface area (Å²) in [6.07, 6.45) is -1.77. The van der Waals surface area contributed by atoms with Crippen molar-refractivity contribution < 1.29 is 24.2 Å². The van der Waals surface area contributed by atoms with Gasteiger partial charge in [-0.05, 0) is 13.0 Å². The predicted octanol–water partition coefficient (Wildman–Crippen LogP) is -0.259. The van der Waals surface area contributed by atoms with E-state index < -0.39 is 24.2 Å². The number of β-amino-alcohol motifs (C(OH)–C–C–N with tert-alkyl or cyclic N) is 1. The van der Waals surface area contributed by atoms with Gasteiger partial charge in [-0.1, -0.05) is 0 Å². The normalized spacial score (nSPS) is 28.4. The molecule has 1 aromatic rings. The molecule has 17 heavy (non-hydrogen) atoms. The zero-order valence-corrected chi connectivity index (χ0v) is 9.64. The zero-order valence-electron chi connectivity index (χ0n) is 9.64. The van der Waals surface area contributed by atoms with Crippen LogP contribution in [0, 0.1) is 6.92 Å². The highest BCUT2D eigenvalue weighted by Gasteiger charge is 2.36. The number of ether oxygens (including phenoxy) is 1. The first-order valence-electron chi connectivity index (χ1n) is 5.32. The molecule has 1 aliphatic heterocycles. The molecule has 0 spiro atoms. The van der Waals surface area contributed by atoms with Gasteiger partial charge in [0.2, 0.25) is 0 Å². The number of nitrogens with one attached hydrogen (secondary N) is 1. The van der Waals surface area contributed by atoms with Gasteiger partial charge in [-0.2, -0.15) is 0 Å². The second kappa shape index (κ2) is 4.48. The first kappa shape index (κ1) is 12.1. The van der Waals surface area contributed by atoms with E-state index in [4.69, 9.17) is 4.42 Å². The van der Waals surface area contributed by atoms with E-state index in [9.17, 15) is 15.0 Å². The molecular formula is C11H15NO5. The Labute approximate surface area is 98.2 Å². The van der Waals surface area contributed by atoms with Gasteiger partial charge in [0.15, 0.2) is 0 Å². The van der Waals surface area contributed by atoms with E-state index in [0.717, 1.165) is 0 Å². The van der Waals surface area contributed by atoms with Crippen LogP contribution in [0.15, 0.2) is 10.5 Å². The van der Waals surface area contributed by atoms with Crippen LogP contribution in [0.1, 0.15) is 27.9 Å². The number of aliphatic hydroxyl groups is 2. The maximum absolute atomic E-state index is 11.4. The fourth-order valence-electron chi connectivity index (χ4n) is 1.95. The van der Waals surface area contributed by atoms with Crippen molar-refractivity contribution in [3.8, 4) is 0 Å². The maximum Gasteiger partial charge on any atom is 0.341 e. The van der Waals surface area contributed by atoms with Crippen molar-refractivity contribution in [1.29, 1.82) is 0 Å². The van der Waals surface area contributed by atoms with E-state index in [1.54, 1.807) is 6.92 Å². The van der Waals surface area contributed by atoms with E-state index in [1.165, 1.54) is 13.2 Å². The number of hydrogen-bond acceptors (Lipinski definition) is 6. The van der Waals surface area contributed by atoms with Crippen LogP contribution in [0.3, 0.4) is 0 Å². The summed E-state index contributed by atoms with van der Waals surface area (Å²) in [5, 5.41) is 22.1. The molecule has 2 heterocycles. The van der Waals surface area contributed by atoms with Crippen molar-refractivity contribution >= 4 is 5.97 Å². The molecule has 94 valence electrons. The Morgan fingerprint density at radius 2 is 2.29 bits per heavy atom. The average molecular weight is 241 g/mol. The SMILES string of the molecule is COC(=O)c1cc([C@@H]2NC[C@@H](O)[C@H]2O)oc1C. The summed E-state index contributed by atoms with van der Waals surface area (Å²) in [5.74, 6) is 0.375. The lowest BCUT2D eigenvalue weighted by Crippen LogP contribution is -2.25. The van der Waals surface area contributed by atoms with E-state index in [1.807, 2.05) is 0 Å². The quantitative estimate of drug-likeness (QED) is 0.618. The molecule has 1 fully saturated rings. The van der Waals surface area contributed by atoms with Gasteiger partial charge < -0.3 is 24.7 Å². The van der Waals surface area contributed by atoms with Gasteiger partial charge in [0.05, 0.1) is 19.3 Å². The molecule has 1 aliphatic rings. The molecule has 1 saturated heterocycles. The molecule has 0 bridgehead atoms. The Bertz CT molecular complexity index is 427. The molecule has 6 nitrogen and oxygen atoms in total. The van der Waals surface area contributed by atoms with E-state index in [0.29, 0.717) is 23.6 Å². The van der Waals surface area contributed by atoms with Gasteiger partial charge in [0, 0.05) is 6.54 Å². The molecule has 0 radical (unpaired) electrons. The Kier molecular flexibility index (Phi) is 3.19. The topological polar surface area (TPSA) is 91.9 Å². The minimum atomic E-state index is -0.939. The van der Waals surface area contributed by atoms with Crippen molar-refractivity contribution in [2.45, 2.75) is 25.2 Å². The van der Waals surface area contributed by atoms with Crippen LogP contribution in [0.25, 0.3) is 0 Å². The van der Waals surface area contributed by atoms with Crippen molar-refractivity contribution in [3.63, 3.8) is 0 Å². The van der Waals surface area contributed by atoms with Gasteiger partial charge in [-0.25, -0.2) is 4.79 Å². The first-order chi connectivity index (χ1) is 8.04. The first-order valence-corrected chi connectivity index (χ1v) is 5.32. The molecule has 0 aliphatic carbocycles. The predicted molar refractivity (Wildman–Crippen MR) is 57.5 cm³/mol. The molecule has 0 aromatic carbocycles. The molecule has 0 saturated carbocycles. The van der Waals surface area contributed by atoms with Crippen LogP contribution < -0.4 is 5.32 Å². The Hall–Kier alpha value is -1.37. The highest BCUT2D eigenvalue weighted by Crippen LogP contribution is 2.28. The maximum atomic E-state index is 11.4. The lowest BCUT2D eigenvalue weighted by atomic mass is 10.1. The molecule has 6 heteroatoms. The number of esters is 1. The van der Waals surface area contributed by atoms with Crippen molar-refractivity contribution in [2.75, 3.05) is 13.7 Å². The number of carbonyl (C=O) groups is 1. The fourth-order valence-corrected chi connectivity index (χ4v) is 1.95. The lowest BCUT2D eigenvalue weighted by Gasteiger charge is -2.12. The number of hydrogen-bond donors (Lipinski definition) is 3. The monoisotopic (exact) mass is 241 g/mol. The summed E-state index contributed by atoms with van der Waals surface area (Å²) < 4.78 is 10.0. The second-order valence-electron chi connectivity index (χ2n) is 4.05. The molecule has 3 N–H and O–H groups in total. The summed E-state index contributed by atoms with van der Waals surface area (Å²) in [7, 11) is 1.29. The number of aliphatic hydroxyl groups excluding tert-OH is 2. The van der Waals surface area contributed by atoms with Crippen LogP contribution in [0.2, 0.25) is 0 Å². The van der Waals surface area contributed by atoms with Crippen LogP contribution in [-0.2, 0) is 4.74 Å². The van der Waals surface area contributed by atoms with Crippen molar-refractivity contribution in [1.82, 2.24) is 5.32 Å². The fraction of sp³-hybridized carbons (Fsp3) is 0.545. The highest BCUT2D eigenvalue weighted by molar-refractivity contribution is 5.90. The number of rotatable bonds is 2. The summed E-state index contributed by atoms with van der Waals surface area (Å²) >= 11 is 0. The van der Waals surface area contributed by atoms with Gasteiger partial charge in [-0.3, -0.25) is 0 Å². The summed E-state index contributed by atoms with van der Waals surface area (Å²) in [4.78, 5) is 11.4. The largest absolute Gasteiger partial charge is 0.465 e. The third kappa shape index (κ3) is 2.06. The molecule has 3 atom stereocenters. The second-order valence-corrected chi connectivity index (χ2v) is 4.05. The Morgan fingerprint density at radius 3 is 2.82 bits per heavy atom. The van der Waals surface area contributed by atoms with Crippen LogP contribution in [0.4, 0.5) is 0 Å². The molecular weight excluding hydrogens is 226 g/mol. The third-order valence-corrected chi connectivity index (χ3v) is 2.93. The number of aryl methyl sites for hydroxylation is 1. The summed E-state index contributed by atoms with van der Waals surface area (Å²) in [5.41, 5.74) is 0.331. The summed E-state index contributed by atoms with van der Waals surface area (Å²) in [6.45, 7) is 1.94. The van der Waals surface area contributed by atoms with Crippen LogP contribution in [0.5, 0.6) is 0 Å². The van der Waals surface area contributed by atoms with Gasteiger partial charge in [-0.15, -0.1) is 0 Å². The number of furan rings is 1. The standard InChI is InChI=1S/C11H15NO5/c1-5-6(11(15)16-2)3-8(17-5)9-10(14)7(13)4-12-9/h3,7,9-10,12-14H,4H2,1-2H3/t7-,9+,10-/m1/s1. The Morgan fingerprint density at radius 1 is 1.59 bits per heavy atom. The summed E-state index contributed by atoms with van der Waals surface area (Å²) in [6, 6.07) is 1.03. The lowest BCUT2D eigenvalue weighted by molar-refractivity contribution is 0.0368. The average Bonchev–Trinajstić information content (AvgIpc) is 2.83. The van der Waals surface area contributed by atoms with Crippen LogP contribution >= 0.6 is 0 Å². The Balaban J connectivity index is 2.26. The smallest absolute Gasteiger partial charge is 0.341 e. The third-order valence-electron chi connectivity index (χ3n) is 2.93. The highest BCUT2D eigenvalue weighted by atomic mass is 16.5. The number of methoxy groups -OCH3 is 1. The minimum absolute atomic E-state index is 0.291. The molecule has 1 aromatic heterocycles. The van der Waals surface area contributed by atoms with Gasteiger partial charge in [0.25, 0.3) is 0 Å². The zero-order chi connectivity index (χ0) is 12.6.